The van der Waals surface area contributed by atoms with Crippen LogP contribution in [0.15, 0.2) is 34.8 Å². The standard InChI is InChI=1S/C15H20BrN3O/c1-3-19-14(15(16)11(2)18-19)9-17-13(10-20)12-7-5-4-6-8-12/h4-8,13,17,20H,3,9-10H2,1-2H3. The smallest absolute Gasteiger partial charge is 0.0739 e. The van der Waals surface area contributed by atoms with Crippen molar-refractivity contribution < 1.29 is 5.11 Å². The Hall–Kier alpha value is -1.17. The lowest BCUT2D eigenvalue weighted by molar-refractivity contribution is 0.242. The minimum Gasteiger partial charge on any atom is -0.394 e. The number of aliphatic hydroxyl groups is 1. The molecule has 0 saturated heterocycles. The maximum absolute atomic E-state index is 9.56. The predicted molar refractivity (Wildman–Crippen MR) is 83.4 cm³/mol. The van der Waals surface area contributed by atoms with Crippen molar-refractivity contribution in [2.75, 3.05) is 6.61 Å². The number of nitrogens with one attached hydrogen (secondary N) is 1. The molecule has 0 aliphatic rings. The minimum absolute atomic E-state index is 0.0661. The van der Waals surface area contributed by atoms with Crippen LogP contribution in [0.3, 0.4) is 0 Å². The second-order valence-electron chi connectivity index (χ2n) is 4.69. The number of halogens is 1. The summed E-state index contributed by atoms with van der Waals surface area (Å²) in [6.07, 6.45) is 0. The first kappa shape index (κ1) is 15.2. The Morgan fingerprint density at radius 2 is 2.05 bits per heavy atom. The molecule has 2 rings (SSSR count). The van der Waals surface area contributed by atoms with Gasteiger partial charge in [0.05, 0.1) is 28.5 Å². The van der Waals surface area contributed by atoms with Gasteiger partial charge in [0.15, 0.2) is 0 Å². The molecular weight excluding hydrogens is 318 g/mol. The van der Waals surface area contributed by atoms with Gasteiger partial charge in [0.1, 0.15) is 0 Å². The van der Waals surface area contributed by atoms with Crippen molar-refractivity contribution in [3.63, 3.8) is 0 Å². The van der Waals surface area contributed by atoms with Crippen LogP contribution in [0, 0.1) is 6.92 Å². The van der Waals surface area contributed by atoms with Gasteiger partial charge in [-0.3, -0.25) is 4.68 Å². The molecule has 2 N–H and O–H groups in total. The van der Waals surface area contributed by atoms with Crippen LogP contribution in [0.25, 0.3) is 0 Å². The summed E-state index contributed by atoms with van der Waals surface area (Å²) < 4.78 is 3.02. The fraction of sp³-hybridized carbons (Fsp3) is 0.400. The van der Waals surface area contributed by atoms with Crippen molar-refractivity contribution in [2.24, 2.45) is 0 Å². The Labute approximate surface area is 127 Å². The number of rotatable bonds is 6. The SMILES string of the molecule is CCn1nc(C)c(Br)c1CNC(CO)c1ccccc1. The van der Waals surface area contributed by atoms with Gasteiger partial charge in [-0.1, -0.05) is 30.3 Å². The van der Waals surface area contributed by atoms with Crippen LogP contribution in [-0.4, -0.2) is 21.5 Å². The molecule has 0 amide bonds. The lowest BCUT2D eigenvalue weighted by atomic mass is 10.1. The van der Waals surface area contributed by atoms with E-state index in [0.717, 1.165) is 28.0 Å². The largest absolute Gasteiger partial charge is 0.394 e. The number of nitrogens with zero attached hydrogens (tertiary/aromatic N) is 2. The molecule has 20 heavy (non-hydrogen) atoms. The second-order valence-corrected chi connectivity index (χ2v) is 5.48. The highest BCUT2D eigenvalue weighted by Gasteiger charge is 2.15. The van der Waals surface area contributed by atoms with Gasteiger partial charge in [-0.25, -0.2) is 0 Å². The van der Waals surface area contributed by atoms with Gasteiger partial charge in [0.2, 0.25) is 0 Å². The van der Waals surface area contributed by atoms with E-state index >= 15 is 0 Å². The molecule has 108 valence electrons. The van der Waals surface area contributed by atoms with Gasteiger partial charge in [0.25, 0.3) is 0 Å². The van der Waals surface area contributed by atoms with Gasteiger partial charge in [0, 0.05) is 13.1 Å². The molecule has 0 aliphatic heterocycles. The van der Waals surface area contributed by atoms with Gasteiger partial charge in [-0.05, 0) is 35.3 Å². The molecule has 4 nitrogen and oxygen atoms in total. The summed E-state index contributed by atoms with van der Waals surface area (Å²) >= 11 is 3.58. The lowest BCUT2D eigenvalue weighted by Gasteiger charge is -2.17. The quantitative estimate of drug-likeness (QED) is 0.852. The number of aliphatic hydroxyl groups excluding tert-OH is 1. The van der Waals surface area contributed by atoms with Gasteiger partial charge >= 0.3 is 0 Å². The van der Waals surface area contributed by atoms with Crippen molar-refractivity contribution >= 4 is 15.9 Å². The maximum atomic E-state index is 9.56. The molecule has 1 aromatic heterocycles. The molecule has 0 spiro atoms. The molecule has 1 heterocycles. The molecule has 2 aromatic rings. The lowest BCUT2D eigenvalue weighted by Crippen LogP contribution is -2.25. The van der Waals surface area contributed by atoms with E-state index in [0.29, 0.717) is 6.54 Å². The van der Waals surface area contributed by atoms with E-state index in [1.54, 1.807) is 0 Å². The molecule has 0 aliphatic carbocycles. The third kappa shape index (κ3) is 3.29. The van der Waals surface area contributed by atoms with Gasteiger partial charge in [-0.2, -0.15) is 5.10 Å². The first-order chi connectivity index (χ1) is 9.67. The van der Waals surface area contributed by atoms with E-state index in [2.05, 4.69) is 33.3 Å². The molecule has 1 atom stereocenters. The fourth-order valence-corrected chi connectivity index (χ4v) is 2.66. The van der Waals surface area contributed by atoms with E-state index in [1.165, 1.54) is 0 Å². The van der Waals surface area contributed by atoms with Crippen LogP contribution in [0.1, 0.15) is 29.9 Å². The second kappa shape index (κ2) is 7.02. The van der Waals surface area contributed by atoms with Crippen LogP contribution in [-0.2, 0) is 13.1 Å². The Morgan fingerprint density at radius 1 is 1.35 bits per heavy atom. The van der Waals surface area contributed by atoms with Crippen LogP contribution in [0.4, 0.5) is 0 Å². The van der Waals surface area contributed by atoms with E-state index in [9.17, 15) is 5.11 Å². The summed E-state index contributed by atoms with van der Waals surface area (Å²) in [5, 5.41) is 17.4. The molecule has 0 fully saturated rings. The van der Waals surface area contributed by atoms with E-state index in [-0.39, 0.29) is 12.6 Å². The normalized spacial score (nSPS) is 12.6. The highest BCUT2D eigenvalue weighted by atomic mass is 79.9. The summed E-state index contributed by atoms with van der Waals surface area (Å²) in [7, 11) is 0. The summed E-state index contributed by atoms with van der Waals surface area (Å²) in [5.74, 6) is 0. The zero-order valence-corrected chi connectivity index (χ0v) is 13.4. The number of hydrogen-bond donors (Lipinski definition) is 2. The number of aromatic nitrogens is 2. The third-order valence-corrected chi connectivity index (χ3v) is 4.38. The first-order valence-electron chi connectivity index (χ1n) is 6.78. The Morgan fingerprint density at radius 3 is 2.65 bits per heavy atom. The van der Waals surface area contributed by atoms with Crippen molar-refractivity contribution in [3.05, 3.63) is 51.8 Å². The zero-order valence-electron chi connectivity index (χ0n) is 11.8. The van der Waals surface area contributed by atoms with Crippen LogP contribution < -0.4 is 5.32 Å². The highest BCUT2D eigenvalue weighted by molar-refractivity contribution is 9.10. The van der Waals surface area contributed by atoms with Crippen molar-refractivity contribution in [2.45, 2.75) is 33.0 Å². The Kier molecular flexibility index (Phi) is 5.34. The zero-order chi connectivity index (χ0) is 14.5. The van der Waals surface area contributed by atoms with Gasteiger partial charge < -0.3 is 10.4 Å². The van der Waals surface area contributed by atoms with Crippen molar-refractivity contribution in [1.82, 2.24) is 15.1 Å². The topological polar surface area (TPSA) is 50.1 Å². The summed E-state index contributed by atoms with van der Waals surface area (Å²) in [4.78, 5) is 0. The average molecular weight is 338 g/mol. The molecule has 1 aromatic carbocycles. The molecule has 0 bridgehead atoms. The first-order valence-corrected chi connectivity index (χ1v) is 7.57. The minimum atomic E-state index is -0.0661. The number of benzene rings is 1. The van der Waals surface area contributed by atoms with Crippen molar-refractivity contribution in [3.8, 4) is 0 Å². The van der Waals surface area contributed by atoms with E-state index in [1.807, 2.05) is 41.9 Å². The summed E-state index contributed by atoms with van der Waals surface area (Å²) in [5.41, 5.74) is 3.19. The fourth-order valence-electron chi connectivity index (χ4n) is 2.23. The van der Waals surface area contributed by atoms with Crippen LogP contribution >= 0.6 is 15.9 Å². The monoisotopic (exact) mass is 337 g/mol. The summed E-state index contributed by atoms with van der Waals surface area (Å²) in [6, 6.07) is 9.91. The van der Waals surface area contributed by atoms with Crippen LogP contribution in [0.2, 0.25) is 0 Å². The third-order valence-electron chi connectivity index (χ3n) is 3.35. The molecular formula is C15H20BrN3O. The van der Waals surface area contributed by atoms with Crippen molar-refractivity contribution in [1.29, 1.82) is 0 Å². The Balaban J connectivity index is 2.11. The molecule has 1 unspecified atom stereocenters. The molecule has 5 heteroatoms. The number of hydrogen-bond acceptors (Lipinski definition) is 3. The number of aryl methyl sites for hydroxylation is 2. The van der Waals surface area contributed by atoms with Crippen LogP contribution in [0.5, 0.6) is 0 Å². The predicted octanol–water partition coefficient (Wildman–Crippen LogP) is 2.80. The molecule has 0 radical (unpaired) electrons. The summed E-state index contributed by atoms with van der Waals surface area (Å²) in [6.45, 7) is 5.62. The Bertz CT molecular complexity index is 554. The maximum Gasteiger partial charge on any atom is 0.0739 e. The van der Waals surface area contributed by atoms with E-state index in [4.69, 9.17) is 0 Å². The van der Waals surface area contributed by atoms with Gasteiger partial charge in [-0.15, -0.1) is 0 Å². The molecule has 0 saturated carbocycles. The van der Waals surface area contributed by atoms with E-state index < -0.39 is 0 Å². The average Bonchev–Trinajstić information content (AvgIpc) is 2.76. The highest BCUT2D eigenvalue weighted by Crippen LogP contribution is 2.22.